The summed E-state index contributed by atoms with van der Waals surface area (Å²) in [7, 11) is 0. The van der Waals surface area contributed by atoms with Gasteiger partial charge in [-0.25, -0.2) is 9.59 Å². The number of phenolic OH excluding ortho intramolecular Hbond substituents is 2. The second-order valence-electron chi connectivity index (χ2n) is 10.6. The number of rotatable bonds is 3. The van der Waals surface area contributed by atoms with Crippen molar-refractivity contribution in [2.24, 2.45) is 5.41 Å². The fourth-order valence-electron chi connectivity index (χ4n) is 7.11. The first-order chi connectivity index (χ1) is 19.6. The Labute approximate surface area is 232 Å². The third-order valence-electron chi connectivity index (χ3n) is 8.74. The summed E-state index contributed by atoms with van der Waals surface area (Å²) in [5, 5.41) is 71.6. The van der Waals surface area contributed by atoms with Crippen LogP contribution in [0.25, 0.3) is 11.0 Å². The van der Waals surface area contributed by atoms with Gasteiger partial charge in [0.2, 0.25) is 5.78 Å². The molecule has 2 aromatic carbocycles. The van der Waals surface area contributed by atoms with E-state index in [1.807, 2.05) is 0 Å². The summed E-state index contributed by atoms with van der Waals surface area (Å²) in [6.45, 7) is 1.59. The minimum Gasteiger partial charge on any atom is -0.504 e. The molecular formula is C28H20O14. The molecule has 7 N–H and O–H groups in total. The number of ketones is 2. The zero-order valence-electron chi connectivity index (χ0n) is 21.6. The normalized spacial score (nSPS) is 24.0. The highest BCUT2D eigenvalue weighted by molar-refractivity contribution is 6.12. The van der Waals surface area contributed by atoms with E-state index in [0.29, 0.717) is 0 Å². The first-order valence-electron chi connectivity index (χ1n) is 12.3. The van der Waals surface area contributed by atoms with Gasteiger partial charge in [-0.15, -0.1) is 0 Å². The molecule has 2 bridgehead atoms. The number of hydrogen-bond acceptors (Lipinski definition) is 12. The number of carboxylic acids is 2. The Kier molecular flexibility index (Phi) is 5.10. The molecule has 42 heavy (non-hydrogen) atoms. The van der Waals surface area contributed by atoms with Crippen LogP contribution >= 0.6 is 0 Å². The van der Waals surface area contributed by atoms with Gasteiger partial charge in [0.05, 0.1) is 22.1 Å². The van der Waals surface area contributed by atoms with E-state index >= 15 is 0 Å². The lowest BCUT2D eigenvalue weighted by Gasteiger charge is -2.59. The number of fused-ring (bicyclic) bond motifs is 4. The summed E-state index contributed by atoms with van der Waals surface area (Å²) in [4.78, 5) is 66.5. The van der Waals surface area contributed by atoms with Crippen molar-refractivity contribution in [3.8, 4) is 28.7 Å². The van der Waals surface area contributed by atoms with Crippen LogP contribution in [0.4, 0.5) is 0 Å². The highest BCUT2D eigenvalue weighted by Crippen LogP contribution is 2.68. The maximum Gasteiger partial charge on any atom is 0.340 e. The second-order valence-corrected chi connectivity index (χ2v) is 10.6. The lowest BCUT2D eigenvalue weighted by molar-refractivity contribution is -0.151. The van der Waals surface area contributed by atoms with Gasteiger partial charge in [0.1, 0.15) is 40.6 Å². The Morgan fingerprint density at radius 1 is 0.929 bits per heavy atom. The number of phenols is 4. The number of benzene rings is 2. The average molecular weight is 580 g/mol. The summed E-state index contributed by atoms with van der Waals surface area (Å²) in [6.07, 6.45) is -0.728. The Morgan fingerprint density at radius 3 is 2.12 bits per heavy atom. The van der Waals surface area contributed by atoms with Gasteiger partial charge in [0.25, 0.3) is 0 Å². The summed E-state index contributed by atoms with van der Waals surface area (Å²) in [5.41, 5.74) is -9.03. The number of aromatic hydroxyl groups is 4. The molecule has 0 unspecified atom stereocenters. The number of hydrogen-bond donors (Lipinski definition) is 7. The van der Waals surface area contributed by atoms with Crippen molar-refractivity contribution in [2.75, 3.05) is 6.61 Å². The molecule has 0 spiro atoms. The molecule has 0 fully saturated rings. The summed E-state index contributed by atoms with van der Waals surface area (Å²) in [6, 6.07) is 1.65. The zero-order chi connectivity index (χ0) is 30.8. The lowest BCUT2D eigenvalue weighted by Crippen LogP contribution is -2.69. The van der Waals surface area contributed by atoms with Gasteiger partial charge in [-0.2, -0.15) is 0 Å². The predicted octanol–water partition coefficient (Wildman–Crippen LogP) is 1.97. The van der Waals surface area contributed by atoms with Gasteiger partial charge in [-0.05, 0) is 25.8 Å². The third-order valence-corrected chi connectivity index (χ3v) is 8.74. The topological polar surface area (TPSA) is 249 Å². The summed E-state index contributed by atoms with van der Waals surface area (Å²) >= 11 is 0. The van der Waals surface area contributed by atoms with E-state index < -0.39 is 115 Å². The number of allylic oxidation sites excluding steroid dienone is 2. The monoisotopic (exact) mass is 580 g/mol. The first kappa shape index (κ1) is 26.7. The maximum atomic E-state index is 14.0. The van der Waals surface area contributed by atoms with E-state index in [1.165, 1.54) is 6.92 Å². The second kappa shape index (κ2) is 8.02. The van der Waals surface area contributed by atoms with Gasteiger partial charge < -0.3 is 44.9 Å². The van der Waals surface area contributed by atoms with Crippen molar-refractivity contribution in [1.29, 1.82) is 0 Å². The molecule has 1 aromatic heterocycles. The van der Waals surface area contributed by atoms with Crippen LogP contribution in [0.3, 0.4) is 0 Å². The average Bonchev–Trinajstić information content (AvgIpc) is 2.91. The van der Waals surface area contributed by atoms with Crippen LogP contribution in [-0.2, 0) is 21.4 Å². The van der Waals surface area contributed by atoms with E-state index in [1.54, 1.807) is 0 Å². The van der Waals surface area contributed by atoms with Crippen LogP contribution < -0.4 is 10.2 Å². The van der Waals surface area contributed by atoms with Crippen LogP contribution in [-0.4, -0.2) is 65.9 Å². The fraction of sp³-hybridized carbons (Fsp3) is 0.250. The molecule has 3 aliphatic rings. The van der Waals surface area contributed by atoms with E-state index in [2.05, 4.69) is 0 Å². The van der Waals surface area contributed by atoms with Crippen LogP contribution in [0.5, 0.6) is 28.7 Å². The standard InChI is InChI=1S/C28H20O14/c1-7-17-23-9(20(33)14-12(42-23)3-10(30)21(34)15(14)25(37)38)5-27(24(36)19(7)32)6-41-13-4-11(31)22(35)16(26(39)40)18(13)28(17,27)8(2)29/h3-4,17,30-32,34-35H,5-6H2,1-2H3,(H,37,38)(H,39,40)/t17-,27+,28+/m1/s1. The molecule has 0 amide bonds. The van der Waals surface area contributed by atoms with Gasteiger partial charge in [-0.3, -0.25) is 14.4 Å². The molecule has 0 radical (unpaired) electrons. The minimum atomic E-state index is -2.29. The van der Waals surface area contributed by atoms with Crippen molar-refractivity contribution in [3.05, 3.63) is 61.7 Å². The number of aliphatic hydroxyl groups excluding tert-OH is 1. The Bertz CT molecular complexity index is 1960. The van der Waals surface area contributed by atoms with Crippen molar-refractivity contribution in [1.82, 2.24) is 0 Å². The van der Waals surface area contributed by atoms with Crippen molar-refractivity contribution in [3.63, 3.8) is 0 Å². The lowest BCUT2D eigenvalue weighted by atomic mass is 9.41. The fourth-order valence-corrected chi connectivity index (χ4v) is 7.11. The van der Waals surface area contributed by atoms with Crippen molar-refractivity contribution >= 4 is 34.5 Å². The van der Waals surface area contributed by atoms with Crippen LogP contribution in [0.2, 0.25) is 0 Å². The number of aromatic carboxylic acids is 2. The van der Waals surface area contributed by atoms with Gasteiger partial charge in [0.15, 0.2) is 34.2 Å². The molecule has 2 heterocycles. The summed E-state index contributed by atoms with van der Waals surface area (Å²) < 4.78 is 11.7. The van der Waals surface area contributed by atoms with Crippen LogP contribution in [0.15, 0.2) is 32.7 Å². The third kappa shape index (κ3) is 2.75. The smallest absolute Gasteiger partial charge is 0.340 e. The number of Topliss-reactive ketones (excluding diaryl/α,β-unsaturated/α-hetero) is 2. The van der Waals surface area contributed by atoms with E-state index in [0.717, 1.165) is 19.1 Å². The van der Waals surface area contributed by atoms with E-state index in [4.69, 9.17) is 9.15 Å². The number of ether oxygens (including phenoxy) is 1. The summed E-state index contributed by atoms with van der Waals surface area (Å²) in [5.74, 6) is -12.7. The highest BCUT2D eigenvalue weighted by Gasteiger charge is 2.74. The Balaban J connectivity index is 1.87. The molecule has 0 saturated carbocycles. The predicted molar refractivity (Wildman–Crippen MR) is 137 cm³/mol. The van der Waals surface area contributed by atoms with Gasteiger partial charge in [0, 0.05) is 23.3 Å². The Hall–Kier alpha value is -5.53. The SMILES string of the molecule is CC(=O)[C@]12c3c(cc(O)c(O)c3C(=O)O)OC[C@]13Cc1c(oc4cc(O)c(O)c(C(=O)O)c4c1=O)[C@H]2C(C)=C(O)C3=O. The van der Waals surface area contributed by atoms with Gasteiger partial charge >= 0.3 is 11.9 Å². The van der Waals surface area contributed by atoms with Crippen LogP contribution in [0, 0.1) is 5.41 Å². The van der Waals surface area contributed by atoms with E-state index in [-0.39, 0.29) is 22.6 Å². The maximum absolute atomic E-state index is 14.0. The van der Waals surface area contributed by atoms with Gasteiger partial charge in [-0.1, -0.05) is 0 Å². The molecular weight excluding hydrogens is 560 g/mol. The van der Waals surface area contributed by atoms with Crippen LogP contribution in [0.1, 0.15) is 57.4 Å². The number of carbonyl (C=O) groups excluding carboxylic acids is 2. The largest absolute Gasteiger partial charge is 0.504 e. The molecule has 3 atom stereocenters. The number of aliphatic hydroxyl groups is 1. The highest BCUT2D eigenvalue weighted by atomic mass is 16.5. The molecule has 14 heteroatoms. The van der Waals surface area contributed by atoms with Crippen molar-refractivity contribution in [2.45, 2.75) is 31.6 Å². The molecule has 1 aliphatic heterocycles. The van der Waals surface area contributed by atoms with E-state index in [9.17, 15) is 59.7 Å². The number of carbonyl (C=O) groups is 4. The minimum absolute atomic E-state index is 0.215. The molecule has 2 aliphatic carbocycles. The first-order valence-corrected chi connectivity index (χ1v) is 12.3. The number of carboxylic acid groups (broad SMARTS) is 2. The molecule has 3 aromatic rings. The Morgan fingerprint density at radius 2 is 1.52 bits per heavy atom. The molecule has 6 rings (SSSR count). The molecule has 14 nitrogen and oxygen atoms in total. The quantitative estimate of drug-likeness (QED) is 0.219. The molecule has 216 valence electrons. The van der Waals surface area contributed by atoms with Crippen molar-refractivity contribution < 1.29 is 64.1 Å². The zero-order valence-corrected chi connectivity index (χ0v) is 21.6. The molecule has 0 saturated heterocycles.